The summed E-state index contributed by atoms with van der Waals surface area (Å²) in [6.45, 7) is 5.77. The van der Waals surface area contributed by atoms with Gasteiger partial charge < -0.3 is 4.74 Å². The minimum atomic E-state index is -0.400. The van der Waals surface area contributed by atoms with E-state index >= 15 is 0 Å². The monoisotopic (exact) mass is 276 g/mol. The highest BCUT2D eigenvalue weighted by Crippen LogP contribution is 2.29. The van der Waals surface area contributed by atoms with Crippen LogP contribution >= 0.6 is 0 Å². The molecule has 21 heavy (non-hydrogen) atoms. The minimum Gasteiger partial charge on any atom is -0.458 e. The van der Waals surface area contributed by atoms with Crippen LogP contribution in [0.1, 0.15) is 11.1 Å². The maximum Gasteiger partial charge on any atom is 0.330 e. The van der Waals surface area contributed by atoms with E-state index in [1.54, 1.807) is 0 Å². The smallest absolute Gasteiger partial charge is 0.330 e. The number of rotatable bonds is 3. The molecule has 2 nitrogen and oxygen atoms in total. The topological polar surface area (TPSA) is 26.3 Å². The summed E-state index contributed by atoms with van der Waals surface area (Å²) in [7, 11) is 0. The molecule has 2 heteroatoms. The second-order valence-corrected chi connectivity index (χ2v) is 5.11. The molecule has 0 unspecified atom stereocenters. The molecule has 0 aliphatic rings. The van der Waals surface area contributed by atoms with Crippen LogP contribution in [0.15, 0.2) is 61.2 Å². The normalized spacial score (nSPS) is 10.7. The van der Waals surface area contributed by atoms with E-state index in [-0.39, 0.29) is 6.61 Å². The van der Waals surface area contributed by atoms with Gasteiger partial charge in [-0.05, 0) is 34.5 Å². The number of hydrogen-bond acceptors (Lipinski definition) is 2. The molecule has 0 fully saturated rings. The van der Waals surface area contributed by atoms with E-state index in [1.165, 1.54) is 17.0 Å². The fourth-order valence-electron chi connectivity index (χ4n) is 2.64. The van der Waals surface area contributed by atoms with E-state index in [1.807, 2.05) is 12.1 Å². The summed E-state index contributed by atoms with van der Waals surface area (Å²) in [6.07, 6.45) is 1.19. The molecular weight excluding hydrogens is 260 g/mol. The van der Waals surface area contributed by atoms with Crippen LogP contribution < -0.4 is 0 Å². The Morgan fingerprint density at radius 2 is 1.86 bits per heavy atom. The van der Waals surface area contributed by atoms with E-state index in [9.17, 15) is 4.79 Å². The minimum absolute atomic E-state index is 0.256. The molecule has 0 amide bonds. The second kappa shape index (κ2) is 5.41. The Morgan fingerprint density at radius 3 is 2.67 bits per heavy atom. The number of carbonyl (C=O) groups excluding carboxylic acids is 1. The van der Waals surface area contributed by atoms with Crippen LogP contribution in [0.3, 0.4) is 0 Å². The molecule has 0 saturated carbocycles. The van der Waals surface area contributed by atoms with Gasteiger partial charge in [0.05, 0.1) is 0 Å². The third-order valence-corrected chi connectivity index (χ3v) is 3.65. The largest absolute Gasteiger partial charge is 0.458 e. The van der Waals surface area contributed by atoms with Gasteiger partial charge in [-0.2, -0.15) is 0 Å². The Hall–Kier alpha value is -2.61. The molecule has 0 atom stereocenters. The second-order valence-electron chi connectivity index (χ2n) is 5.11. The summed E-state index contributed by atoms with van der Waals surface area (Å²) < 4.78 is 5.27. The fourth-order valence-corrected chi connectivity index (χ4v) is 2.64. The summed E-state index contributed by atoms with van der Waals surface area (Å²) in [5.74, 6) is -0.400. The predicted octanol–water partition coefficient (Wildman–Crippen LogP) is 4.53. The number of fused-ring (bicyclic) bond motifs is 2. The van der Waals surface area contributed by atoms with Crippen molar-refractivity contribution >= 4 is 27.5 Å². The summed E-state index contributed by atoms with van der Waals surface area (Å²) in [6, 6.07) is 16.7. The third-order valence-electron chi connectivity index (χ3n) is 3.65. The van der Waals surface area contributed by atoms with Crippen molar-refractivity contribution < 1.29 is 9.53 Å². The first-order valence-electron chi connectivity index (χ1n) is 6.89. The van der Waals surface area contributed by atoms with Crippen molar-refractivity contribution in [3.63, 3.8) is 0 Å². The quantitative estimate of drug-likeness (QED) is 0.399. The van der Waals surface area contributed by atoms with E-state index < -0.39 is 5.97 Å². The Bertz CT molecular complexity index is 847. The number of carbonyl (C=O) groups is 1. The van der Waals surface area contributed by atoms with Crippen molar-refractivity contribution in [2.75, 3.05) is 0 Å². The van der Waals surface area contributed by atoms with Crippen LogP contribution in [0, 0.1) is 6.92 Å². The fraction of sp³-hybridized carbons (Fsp3) is 0.105. The van der Waals surface area contributed by atoms with Crippen molar-refractivity contribution in [2.45, 2.75) is 13.5 Å². The highest BCUT2D eigenvalue weighted by atomic mass is 16.5. The molecule has 0 aromatic heterocycles. The van der Waals surface area contributed by atoms with Gasteiger partial charge in [0.25, 0.3) is 0 Å². The molecule has 0 aliphatic carbocycles. The molecule has 3 aromatic carbocycles. The van der Waals surface area contributed by atoms with Crippen molar-refractivity contribution in [1.29, 1.82) is 0 Å². The maximum atomic E-state index is 11.4. The highest BCUT2D eigenvalue weighted by Gasteiger charge is 2.09. The van der Waals surface area contributed by atoms with E-state index in [0.29, 0.717) is 0 Å². The van der Waals surface area contributed by atoms with E-state index in [2.05, 4.69) is 49.9 Å². The summed E-state index contributed by atoms with van der Waals surface area (Å²) in [5.41, 5.74) is 2.25. The average molecular weight is 276 g/mol. The SMILES string of the molecule is C=CC(=O)OCc1c2ccccc2cc2cc(C)ccc12. The molecule has 0 N–H and O–H groups in total. The van der Waals surface area contributed by atoms with Crippen LogP contribution in [0.4, 0.5) is 0 Å². The van der Waals surface area contributed by atoms with Crippen LogP contribution in [-0.4, -0.2) is 5.97 Å². The Balaban J connectivity index is 2.24. The van der Waals surface area contributed by atoms with Gasteiger partial charge in [-0.15, -0.1) is 0 Å². The molecule has 0 aliphatic heterocycles. The van der Waals surface area contributed by atoms with Gasteiger partial charge >= 0.3 is 5.97 Å². The highest BCUT2D eigenvalue weighted by molar-refractivity contribution is 6.02. The lowest BCUT2D eigenvalue weighted by Gasteiger charge is -2.12. The number of benzene rings is 3. The van der Waals surface area contributed by atoms with Gasteiger partial charge in [0.1, 0.15) is 6.61 Å². The van der Waals surface area contributed by atoms with E-state index in [0.717, 1.165) is 21.7 Å². The van der Waals surface area contributed by atoms with Crippen molar-refractivity contribution in [1.82, 2.24) is 0 Å². The van der Waals surface area contributed by atoms with Crippen LogP contribution in [-0.2, 0) is 16.1 Å². The Morgan fingerprint density at radius 1 is 1.10 bits per heavy atom. The molecule has 0 saturated heterocycles. The zero-order valence-electron chi connectivity index (χ0n) is 11.9. The molecule has 3 rings (SSSR count). The predicted molar refractivity (Wildman–Crippen MR) is 86.2 cm³/mol. The van der Waals surface area contributed by atoms with Crippen molar-refractivity contribution in [3.05, 3.63) is 72.3 Å². The van der Waals surface area contributed by atoms with Gasteiger partial charge in [0, 0.05) is 11.6 Å². The van der Waals surface area contributed by atoms with Gasteiger partial charge in [0.15, 0.2) is 0 Å². The number of esters is 1. The lowest BCUT2D eigenvalue weighted by Crippen LogP contribution is -2.01. The first kappa shape index (κ1) is 13.4. The molecule has 0 spiro atoms. The van der Waals surface area contributed by atoms with Crippen molar-refractivity contribution in [2.24, 2.45) is 0 Å². The van der Waals surface area contributed by atoms with Crippen LogP contribution in [0.25, 0.3) is 21.5 Å². The summed E-state index contributed by atoms with van der Waals surface area (Å²) in [4.78, 5) is 11.4. The molecule has 104 valence electrons. The van der Waals surface area contributed by atoms with Gasteiger partial charge in [-0.3, -0.25) is 0 Å². The summed E-state index contributed by atoms with van der Waals surface area (Å²) >= 11 is 0. The molecule has 0 bridgehead atoms. The van der Waals surface area contributed by atoms with Crippen molar-refractivity contribution in [3.8, 4) is 0 Å². The summed E-state index contributed by atoms with van der Waals surface area (Å²) in [5, 5.41) is 4.56. The molecular formula is C19H16O2. The lowest BCUT2D eigenvalue weighted by atomic mass is 9.96. The van der Waals surface area contributed by atoms with Crippen LogP contribution in [0.2, 0.25) is 0 Å². The van der Waals surface area contributed by atoms with E-state index in [4.69, 9.17) is 4.74 Å². The third kappa shape index (κ3) is 2.52. The zero-order valence-corrected chi connectivity index (χ0v) is 11.9. The van der Waals surface area contributed by atoms with Gasteiger partial charge in [-0.1, -0.05) is 54.6 Å². The Kier molecular flexibility index (Phi) is 3.44. The van der Waals surface area contributed by atoms with Gasteiger partial charge in [0.2, 0.25) is 0 Å². The number of hydrogen-bond donors (Lipinski definition) is 0. The zero-order chi connectivity index (χ0) is 14.8. The number of aryl methyl sites for hydroxylation is 1. The average Bonchev–Trinajstić information content (AvgIpc) is 2.50. The molecule has 0 heterocycles. The molecule has 0 radical (unpaired) electrons. The first-order valence-corrected chi connectivity index (χ1v) is 6.89. The van der Waals surface area contributed by atoms with Crippen LogP contribution in [0.5, 0.6) is 0 Å². The van der Waals surface area contributed by atoms with Gasteiger partial charge in [-0.25, -0.2) is 4.79 Å². The molecule has 3 aromatic rings. The first-order chi connectivity index (χ1) is 10.2. The standard InChI is InChI=1S/C19H16O2/c1-3-19(20)21-12-18-16-7-5-4-6-14(16)11-15-10-13(2)8-9-17(15)18/h3-11H,1,12H2,2H3. The number of ether oxygens (including phenoxy) is 1. The Labute approximate surface area is 123 Å². The lowest BCUT2D eigenvalue weighted by molar-refractivity contribution is -0.138. The maximum absolute atomic E-state index is 11.4.